The number of amides is 1. The molecule has 1 aliphatic rings. The van der Waals surface area contributed by atoms with Gasteiger partial charge in [-0.1, -0.05) is 30.0 Å². The van der Waals surface area contributed by atoms with Gasteiger partial charge in [0, 0.05) is 26.2 Å². The van der Waals surface area contributed by atoms with E-state index in [2.05, 4.69) is 20.4 Å². The molecule has 1 amide bonds. The molecule has 1 N–H and O–H groups in total. The van der Waals surface area contributed by atoms with Crippen LogP contribution in [0.4, 0.5) is 5.95 Å². The van der Waals surface area contributed by atoms with E-state index in [0.29, 0.717) is 37.3 Å². The first-order chi connectivity index (χ1) is 14.1. The monoisotopic (exact) mass is 419 g/mol. The first kappa shape index (κ1) is 21.6. The van der Waals surface area contributed by atoms with Gasteiger partial charge in [-0.3, -0.25) is 9.36 Å². The van der Waals surface area contributed by atoms with Gasteiger partial charge in [-0.2, -0.15) is 0 Å². The van der Waals surface area contributed by atoms with E-state index in [4.69, 9.17) is 9.47 Å². The lowest BCUT2D eigenvalue weighted by Crippen LogP contribution is -2.37. The van der Waals surface area contributed by atoms with Crippen LogP contribution in [-0.4, -0.2) is 72.0 Å². The zero-order valence-electron chi connectivity index (χ0n) is 17.0. The van der Waals surface area contributed by atoms with Crippen molar-refractivity contribution in [2.75, 3.05) is 50.1 Å². The van der Waals surface area contributed by atoms with Crippen LogP contribution in [0.2, 0.25) is 0 Å². The maximum atomic E-state index is 12.2. The van der Waals surface area contributed by atoms with Gasteiger partial charge < -0.3 is 19.7 Å². The number of thioether (sulfide) groups is 1. The van der Waals surface area contributed by atoms with Crippen LogP contribution >= 0.6 is 11.8 Å². The highest BCUT2D eigenvalue weighted by atomic mass is 32.2. The molecule has 1 aromatic heterocycles. The molecule has 1 fully saturated rings. The molecule has 1 saturated heterocycles. The summed E-state index contributed by atoms with van der Waals surface area (Å²) in [7, 11) is 0. The molecule has 1 aromatic carbocycles. The summed E-state index contributed by atoms with van der Waals surface area (Å²) in [4.78, 5) is 14.4. The highest BCUT2D eigenvalue weighted by molar-refractivity contribution is 7.99. The van der Waals surface area contributed by atoms with Crippen LogP contribution in [0, 0.1) is 0 Å². The number of para-hydroxylation sites is 1. The fraction of sp³-hybridized carbons (Fsp3) is 0.550. The molecule has 3 rings (SSSR count). The lowest BCUT2D eigenvalue weighted by Gasteiger charge is -2.27. The number of nitrogens with zero attached hydrogens (tertiary/aromatic N) is 4. The summed E-state index contributed by atoms with van der Waals surface area (Å²) in [6.45, 7) is 8.16. The van der Waals surface area contributed by atoms with E-state index in [1.165, 1.54) is 11.8 Å². The lowest BCUT2D eigenvalue weighted by molar-refractivity contribution is -0.118. The van der Waals surface area contributed by atoms with Gasteiger partial charge in [-0.25, -0.2) is 0 Å². The molecule has 0 spiro atoms. The third-order valence-electron chi connectivity index (χ3n) is 4.35. The molecule has 158 valence electrons. The van der Waals surface area contributed by atoms with Crippen molar-refractivity contribution >= 4 is 23.6 Å². The number of carbonyl (C=O) groups excluding carboxylic acids is 1. The van der Waals surface area contributed by atoms with E-state index in [1.807, 2.05) is 48.7 Å². The quantitative estimate of drug-likeness (QED) is 0.467. The second kappa shape index (κ2) is 11.2. The van der Waals surface area contributed by atoms with Crippen LogP contribution in [0.25, 0.3) is 5.69 Å². The summed E-state index contributed by atoms with van der Waals surface area (Å²) in [6.07, 6.45) is 1.02. The molecule has 0 atom stereocenters. The highest BCUT2D eigenvalue weighted by Gasteiger charge is 2.22. The van der Waals surface area contributed by atoms with Crippen molar-refractivity contribution in [1.29, 1.82) is 0 Å². The number of nitrogens with one attached hydrogen (secondary N) is 1. The van der Waals surface area contributed by atoms with Gasteiger partial charge in [-0.05, 0) is 32.4 Å². The molecule has 0 unspecified atom stereocenters. The zero-order chi connectivity index (χ0) is 20.5. The first-order valence-corrected chi connectivity index (χ1v) is 11.0. The smallest absolute Gasteiger partial charge is 0.232 e. The summed E-state index contributed by atoms with van der Waals surface area (Å²) < 4.78 is 13.0. The van der Waals surface area contributed by atoms with Crippen LogP contribution in [0.5, 0.6) is 0 Å². The summed E-state index contributed by atoms with van der Waals surface area (Å²) in [6, 6.07) is 9.99. The molecule has 0 aliphatic carbocycles. The fourth-order valence-electron chi connectivity index (χ4n) is 2.93. The third kappa shape index (κ3) is 6.45. The zero-order valence-corrected chi connectivity index (χ0v) is 17.9. The van der Waals surface area contributed by atoms with Crippen LogP contribution in [-0.2, 0) is 14.3 Å². The lowest BCUT2D eigenvalue weighted by atomic mass is 10.3. The maximum absolute atomic E-state index is 12.2. The van der Waals surface area contributed by atoms with Crippen molar-refractivity contribution in [3.63, 3.8) is 0 Å². The average molecular weight is 420 g/mol. The fourth-order valence-corrected chi connectivity index (χ4v) is 3.70. The van der Waals surface area contributed by atoms with Crippen molar-refractivity contribution in [3.05, 3.63) is 30.3 Å². The second-order valence-corrected chi connectivity index (χ2v) is 7.91. The van der Waals surface area contributed by atoms with Gasteiger partial charge in [-0.15, -0.1) is 10.2 Å². The minimum absolute atomic E-state index is 0.0184. The van der Waals surface area contributed by atoms with Gasteiger partial charge in [0.05, 0.1) is 30.8 Å². The maximum Gasteiger partial charge on any atom is 0.232 e. The number of morpholine rings is 1. The van der Waals surface area contributed by atoms with Gasteiger partial charge >= 0.3 is 0 Å². The van der Waals surface area contributed by atoms with Crippen molar-refractivity contribution in [3.8, 4) is 5.69 Å². The Kier molecular flexibility index (Phi) is 8.33. The van der Waals surface area contributed by atoms with Gasteiger partial charge in [0.25, 0.3) is 0 Å². The molecular weight excluding hydrogens is 390 g/mol. The number of aromatic nitrogens is 3. The van der Waals surface area contributed by atoms with Crippen molar-refractivity contribution in [1.82, 2.24) is 20.1 Å². The molecule has 1 aliphatic heterocycles. The number of anilines is 1. The minimum Gasteiger partial charge on any atom is -0.379 e. The Hall–Kier alpha value is -2.10. The Morgan fingerprint density at radius 2 is 2.00 bits per heavy atom. The Labute approximate surface area is 176 Å². The van der Waals surface area contributed by atoms with E-state index in [1.54, 1.807) is 0 Å². The average Bonchev–Trinajstić information content (AvgIpc) is 3.17. The molecule has 2 aromatic rings. The third-order valence-corrected chi connectivity index (χ3v) is 5.28. The molecule has 0 saturated carbocycles. The van der Waals surface area contributed by atoms with E-state index in [0.717, 1.165) is 31.1 Å². The SMILES string of the molecule is CC(C)OCCCNC(=O)CSc1nnc(N2CCOCC2)n1-c1ccccc1. The number of benzene rings is 1. The predicted octanol–water partition coefficient (Wildman–Crippen LogP) is 2.13. The van der Waals surface area contributed by atoms with Crippen LogP contribution in [0.3, 0.4) is 0 Å². The Balaban J connectivity index is 1.61. The predicted molar refractivity (Wildman–Crippen MR) is 114 cm³/mol. The largest absolute Gasteiger partial charge is 0.379 e. The molecule has 0 radical (unpaired) electrons. The van der Waals surface area contributed by atoms with Crippen molar-refractivity contribution in [2.24, 2.45) is 0 Å². The topological polar surface area (TPSA) is 81.5 Å². The summed E-state index contributed by atoms with van der Waals surface area (Å²) in [5.41, 5.74) is 0.979. The summed E-state index contributed by atoms with van der Waals surface area (Å²) in [5, 5.41) is 12.4. The molecule has 2 heterocycles. The minimum atomic E-state index is -0.0184. The Morgan fingerprint density at radius 1 is 1.24 bits per heavy atom. The highest BCUT2D eigenvalue weighted by Crippen LogP contribution is 2.27. The van der Waals surface area contributed by atoms with Crippen molar-refractivity contribution in [2.45, 2.75) is 31.5 Å². The molecule has 0 bridgehead atoms. The first-order valence-electron chi connectivity index (χ1n) is 10.00. The molecule has 9 heteroatoms. The van der Waals surface area contributed by atoms with Crippen LogP contribution < -0.4 is 10.2 Å². The normalized spacial score (nSPS) is 14.4. The van der Waals surface area contributed by atoms with Gasteiger partial charge in [0.2, 0.25) is 11.9 Å². The second-order valence-electron chi connectivity index (χ2n) is 6.96. The molecule has 29 heavy (non-hydrogen) atoms. The van der Waals surface area contributed by atoms with Crippen LogP contribution in [0.15, 0.2) is 35.5 Å². The van der Waals surface area contributed by atoms with Gasteiger partial charge in [0.1, 0.15) is 0 Å². The molecule has 8 nitrogen and oxygen atoms in total. The van der Waals surface area contributed by atoms with Crippen LogP contribution in [0.1, 0.15) is 20.3 Å². The number of ether oxygens (including phenoxy) is 2. The number of carbonyl (C=O) groups is 1. The van der Waals surface area contributed by atoms with E-state index in [-0.39, 0.29) is 12.0 Å². The Morgan fingerprint density at radius 3 is 2.72 bits per heavy atom. The number of rotatable bonds is 10. The number of hydrogen-bond acceptors (Lipinski definition) is 7. The standard InChI is InChI=1S/C20H29N5O3S/c1-16(2)28-12-6-9-21-18(26)15-29-20-23-22-19(24-10-13-27-14-11-24)25(20)17-7-4-3-5-8-17/h3-5,7-8,16H,6,9-15H2,1-2H3,(H,21,26). The summed E-state index contributed by atoms with van der Waals surface area (Å²) in [5.74, 6) is 1.06. The van der Waals surface area contributed by atoms with Crippen molar-refractivity contribution < 1.29 is 14.3 Å². The summed E-state index contributed by atoms with van der Waals surface area (Å²) >= 11 is 1.39. The molecular formula is C20H29N5O3S. The van der Waals surface area contributed by atoms with E-state index < -0.39 is 0 Å². The number of hydrogen-bond donors (Lipinski definition) is 1. The van der Waals surface area contributed by atoms with Gasteiger partial charge in [0.15, 0.2) is 5.16 Å². The van der Waals surface area contributed by atoms with E-state index in [9.17, 15) is 4.79 Å². The van der Waals surface area contributed by atoms with E-state index >= 15 is 0 Å². The Bertz CT molecular complexity index is 763.